The van der Waals surface area contributed by atoms with E-state index in [4.69, 9.17) is 0 Å². The van der Waals surface area contributed by atoms with Crippen molar-refractivity contribution in [1.29, 1.82) is 0 Å². The van der Waals surface area contributed by atoms with Gasteiger partial charge in [-0.25, -0.2) is 4.98 Å². The molecule has 0 radical (unpaired) electrons. The highest BCUT2D eigenvalue weighted by Gasteiger charge is 2.26. The van der Waals surface area contributed by atoms with E-state index in [1.807, 2.05) is 6.92 Å². The molecule has 3 rings (SSSR count). The van der Waals surface area contributed by atoms with E-state index < -0.39 is 0 Å². The van der Waals surface area contributed by atoms with Gasteiger partial charge in [0.25, 0.3) is 0 Å². The number of hydrogen-bond donors (Lipinski definition) is 2. The fraction of sp³-hybridized carbons (Fsp3) is 0.353. The lowest BCUT2D eigenvalue weighted by Crippen LogP contribution is -2.28. The van der Waals surface area contributed by atoms with Gasteiger partial charge >= 0.3 is 0 Å². The zero-order chi connectivity index (χ0) is 15.7. The van der Waals surface area contributed by atoms with Gasteiger partial charge in [-0.3, -0.25) is 9.59 Å². The Kier molecular flexibility index (Phi) is 3.79. The molecule has 5 nitrogen and oxygen atoms in total. The second-order valence-electron chi connectivity index (χ2n) is 5.81. The van der Waals surface area contributed by atoms with Gasteiger partial charge in [-0.15, -0.1) is 0 Å². The molecule has 1 aromatic heterocycles. The molecule has 22 heavy (non-hydrogen) atoms. The van der Waals surface area contributed by atoms with Crippen LogP contribution in [0.15, 0.2) is 24.3 Å². The summed E-state index contributed by atoms with van der Waals surface area (Å²) in [6.45, 7) is 3.45. The molecule has 2 aromatic rings. The molecule has 0 spiro atoms. The minimum absolute atomic E-state index is 0.00129. The summed E-state index contributed by atoms with van der Waals surface area (Å²) in [7, 11) is 0. The van der Waals surface area contributed by atoms with Gasteiger partial charge in [0.2, 0.25) is 5.91 Å². The highest BCUT2D eigenvalue weighted by atomic mass is 16.2. The first kappa shape index (κ1) is 14.5. The van der Waals surface area contributed by atoms with Gasteiger partial charge < -0.3 is 10.3 Å². The molecule has 0 bridgehead atoms. The van der Waals surface area contributed by atoms with Gasteiger partial charge in [-0.2, -0.15) is 0 Å². The fourth-order valence-corrected chi connectivity index (χ4v) is 2.91. The third kappa shape index (κ3) is 2.93. The van der Waals surface area contributed by atoms with Crippen molar-refractivity contribution in [3.05, 3.63) is 47.0 Å². The topological polar surface area (TPSA) is 74.8 Å². The van der Waals surface area contributed by atoms with Crippen LogP contribution in [0.2, 0.25) is 0 Å². The van der Waals surface area contributed by atoms with Crippen molar-refractivity contribution >= 4 is 17.4 Å². The number of Topliss-reactive ketones (excluding diaryl/α,β-unsaturated/α-hetero) is 1. The summed E-state index contributed by atoms with van der Waals surface area (Å²) in [6, 6.07) is 7.05. The average Bonchev–Trinajstić information content (AvgIpc) is 2.86. The number of H-pyrrole nitrogens is 1. The Morgan fingerprint density at radius 2 is 2.18 bits per heavy atom. The van der Waals surface area contributed by atoms with Crippen LogP contribution in [0.5, 0.6) is 0 Å². The molecule has 0 saturated heterocycles. The predicted octanol–water partition coefficient (Wildman–Crippen LogP) is 2.66. The third-order valence-electron chi connectivity index (χ3n) is 4.07. The standard InChI is InChI=1S/C17H19N3O2/c1-10(21)12-4-3-5-14(8-12)20-17(22)13-6-7-15-16(9-13)19-11(2)18-15/h3-5,8,13H,6-7,9H2,1-2H3,(H,18,19)(H,20,22). The van der Waals surface area contributed by atoms with Crippen LogP contribution < -0.4 is 5.32 Å². The quantitative estimate of drug-likeness (QED) is 0.855. The van der Waals surface area contributed by atoms with Crippen molar-refractivity contribution in [3.8, 4) is 0 Å². The van der Waals surface area contributed by atoms with Crippen LogP contribution in [0.25, 0.3) is 0 Å². The number of rotatable bonds is 3. The first-order valence-corrected chi connectivity index (χ1v) is 7.49. The van der Waals surface area contributed by atoms with Crippen LogP contribution in [0.4, 0.5) is 5.69 Å². The first-order chi connectivity index (χ1) is 10.5. The van der Waals surface area contributed by atoms with Crippen LogP contribution in [0.3, 0.4) is 0 Å². The molecular weight excluding hydrogens is 278 g/mol. The molecule has 1 amide bonds. The molecule has 5 heteroatoms. The minimum atomic E-state index is -0.0617. The Balaban J connectivity index is 1.70. The Morgan fingerprint density at radius 1 is 1.36 bits per heavy atom. The third-order valence-corrected chi connectivity index (χ3v) is 4.07. The van der Waals surface area contributed by atoms with E-state index in [-0.39, 0.29) is 17.6 Å². The van der Waals surface area contributed by atoms with Crippen molar-refractivity contribution in [2.24, 2.45) is 5.92 Å². The number of benzene rings is 1. The highest BCUT2D eigenvalue weighted by Crippen LogP contribution is 2.25. The van der Waals surface area contributed by atoms with E-state index in [9.17, 15) is 9.59 Å². The SMILES string of the molecule is CC(=O)c1cccc(NC(=O)C2CCc3nc(C)[nH]c3C2)c1. The summed E-state index contributed by atoms with van der Waals surface area (Å²) in [5.74, 6) is 0.832. The lowest BCUT2D eigenvalue weighted by molar-refractivity contribution is -0.120. The summed E-state index contributed by atoms with van der Waals surface area (Å²) in [5.41, 5.74) is 3.43. The van der Waals surface area contributed by atoms with Gasteiger partial charge in [-0.05, 0) is 38.8 Å². The largest absolute Gasteiger partial charge is 0.346 e. The second-order valence-corrected chi connectivity index (χ2v) is 5.81. The van der Waals surface area contributed by atoms with Crippen LogP contribution in [-0.4, -0.2) is 21.7 Å². The number of carbonyl (C=O) groups excluding carboxylic acids is 2. The molecule has 1 aromatic carbocycles. The summed E-state index contributed by atoms with van der Waals surface area (Å²) in [4.78, 5) is 31.5. The van der Waals surface area contributed by atoms with Gasteiger partial charge in [0.15, 0.2) is 5.78 Å². The average molecular weight is 297 g/mol. The van der Waals surface area contributed by atoms with Crippen LogP contribution in [0, 0.1) is 12.8 Å². The minimum Gasteiger partial charge on any atom is -0.346 e. The number of ketones is 1. The number of anilines is 1. The smallest absolute Gasteiger partial charge is 0.227 e. The van der Waals surface area contributed by atoms with E-state index in [1.54, 1.807) is 24.3 Å². The Labute approximate surface area is 129 Å². The summed E-state index contributed by atoms with van der Waals surface area (Å²) in [5, 5.41) is 2.92. The molecule has 1 unspecified atom stereocenters. The van der Waals surface area contributed by atoms with Gasteiger partial charge in [0.1, 0.15) is 5.82 Å². The predicted molar refractivity (Wildman–Crippen MR) is 83.9 cm³/mol. The van der Waals surface area contributed by atoms with Crippen LogP contribution >= 0.6 is 0 Å². The van der Waals surface area contributed by atoms with Gasteiger partial charge in [-0.1, -0.05) is 12.1 Å². The molecule has 1 atom stereocenters. The van der Waals surface area contributed by atoms with Gasteiger partial charge in [0.05, 0.1) is 5.69 Å². The molecular formula is C17H19N3O2. The summed E-state index contributed by atoms with van der Waals surface area (Å²) in [6.07, 6.45) is 2.31. The highest BCUT2D eigenvalue weighted by molar-refractivity contribution is 5.97. The van der Waals surface area contributed by atoms with Crippen molar-refractivity contribution in [3.63, 3.8) is 0 Å². The lowest BCUT2D eigenvalue weighted by atomic mass is 9.89. The number of amides is 1. The Bertz CT molecular complexity index is 733. The molecule has 114 valence electrons. The molecule has 1 heterocycles. The normalized spacial score (nSPS) is 16.9. The number of aromatic amines is 1. The van der Waals surface area contributed by atoms with Gasteiger partial charge in [0, 0.05) is 29.3 Å². The monoisotopic (exact) mass is 297 g/mol. The molecule has 0 saturated carbocycles. The van der Waals surface area contributed by atoms with E-state index >= 15 is 0 Å². The Morgan fingerprint density at radius 3 is 2.95 bits per heavy atom. The lowest BCUT2D eigenvalue weighted by Gasteiger charge is -2.20. The maximum Gasteiger partial charge on any atom is 0.227 e. The maximum absolute atomic E-state index is 12.4. The number of imidazole rings is 1. The number of nitrogens with one attached hydrogen (secondary N) is 2. The van der Waals surface area contributed by atoms with E-state index in [1.165, 1.54) is 6.92 Å². The molecule has 0 aliphatic heterocycles. The zero-order valence-electron chi connectivity index (χ0n) is 12.8. The van der Waals surface area contributed by atoms with Crippen molar-refractivity contribution in [2.45, 2.75) is 33.1 Å². The zero-order valence-corrected chi connectivity index (χ0v) is 12.8. The number of aryl methyl sites for hydroxylation is 2. The second kappa shape index (κ2) is 5.75. The van der Waals surface area contributed by atoms with Crippen LogP contribution in [0.1, 0.15) is 40.9 Å². The first-order valence-electron chi connectivity index (χ1n) is 7.49. The number of nitrogens with zero attached hydrogens (tertiary/aromatic N) is 1. The number of hydrogen-bond acceptors (Lipinski definition) is 3. The molecule has 1 aliphatic rings. The summed E-state index contributed by atoms with van der Waals surface area (Å²) < 4.78 is 0. The fourth-order valence-electron chi connectivity index (χ4n) is 2.91. The maximum atomic E-state index is 12.4. The van der Waals surface area contributed by atoms with E-state index in [0.717, 1.165) is 30.1 Å². The molecule has 1 aliphatic carbocycles. The van der Waals surface area contributed by atoms with Crippen LogP contribution in [-0.2, 0) is 17.6 Å². The Hall–Kier alpha value is -2.43. The van der Waals surface area contributed by atoms with Crippen molar-refractivity contribution in [1.82, 2.24) is 9.97 Å². The molecule has 2 N–H and O–H groups in total. The van der Waals surface area contributed by atoms with E-state index in [0.29, 0.717) is 17.7 Å². The van der Waals surface area contributed by atoms with Crippen molar-refractivity contribution < 1.29 is 9.59 Å². The number of aromatic nitrogens is 2. The summed E-state index contributed by atoms with van der Waals surface area (Å²) >= 11 is 0. The molecule has 0 fully saturated rings. The number of fused-ring (bicyclic) bond motifs is 1. The van der Waals surface area contributed by atoms with E-state index in [2.05, 4.69) is 15.3 Å². The number of carbonyl (C=O) groups is 2. The van der Waals surface area contributed by atoms with Crippen molar-refractivity contribution in [2.75, 3.05) is 5.32 Å².